The van der Waals surface area contributed by atoms with Crippen molar-refractivity contribution in [2.45, 2.75) is 62.2 Å². The molecule has 1 heterocycles. The van der Waals surface area contributed by atoms with E-state index in [1.165, 1.54) is 11.1 Å². The van der Waals surface area contributed by atoms with Crippen molar-refractivity contribution in [3.05, 3.63) is 41.6 Å². The van der Waals surface area contributed by atoms with Gasteiger partial charge in [0, 0.05) is 26.3 Å². The number of benzene rings is 2. The number of fused-ring (bicyclic) bond motifs is 7. The molecule has 1 aromatic heterocycles. The van der Waals surface area contributed by atoms with Gasteiger partial charge in [-0.2, -0.15) is 0 Å². The van der Waals surface area contributed by atoms with E-state index in [4.69, 9.17) is 14.5 Å². The van der Waals surface area contributed by atoms with Crippen LogP contribution in [0.15, 0.2) is 24.4 Å². The fourth-order valence-electron chi connectivity index (χ4n) is 6.72. The number of rotatable bonds is 2. The topological polar surface area (TPSA) is 48.4 Å². The van der Waals surface area contributed by atoms with Gasteiger partial charge < -0.3 is 14.5 Å². The van der Waals surface area contributed by atoms with Crippen LogP contribution in [0.4, 0.5) is 0 Å². The molecule has 2 spiro atoms. The summed E-state index contributed by atoms with van der Waals surface area (Å²) in [5.74, 6) is 1.74. The molecular weight excluding hydrogens is 567 g/mol. The van der Waals surface area contributed by atoms with Gasteiger partial charge in [-0.3, -0.25) is 4.79 Å². The minimum absolute atomic E-state index is 0. The van der Waals surface area contributed by atoms with Gasteiger partial charge in [-0.15, -0.1) is 10.8 Å². The summed E-state index contributed by atoms with van der Waals surface area (Å²) in [4.78, 5) is 19.0. The number of carbonyl (C=O) groups is 1. The Morgan fingerprint density at radius 2 is 1.65 bits per heavy atom. The number of hydrogen-bond acceptors (Lipinski definition) is 4. The van der Waals surface area contributed by atoms with Crippen LogP contribution < -0.4 is 9.47 Å². The number of nitrogens with zero attached hydrogens (tertiary/aromatic N) is 1. The molecule has 2 fully saturated rings. The van der Waals surface area contributed by atoms with Gasteiger partial charge in [0.25, 0.3) is 0 Å². The molecule has 0 aliphatic heterocycles. The zero-order valence-electron chi connectivity index (χ0n) is 18.0. The summed E-state index contributed by atoms with van der Waals surface area (Å²) in [7, 11) is 3.27. The number of carbonyl (C=O) groups excluding carboxylic acids is 1. The van der Waals surface area contributed by atoms with E-state index in [-0.39, 0.29) is 30.9 Å². The Hall–Kier alpha value is -1.97. The molecular formula is C26H26IrNO3-. The van der Waals surface area contributed by atoms with Crippen LogP contribution in [0.25, 0.3) is 21.7 Å². The summed E-state index contributed by atoms with van der Waals surface area (Å²) in [6, 6.07) is 9.65. The Balaban J connectivity index is 0.00000204. The van der Waals surface area contributed by atoms with Crippen molar-refractivity contribution in [1.29, 1.82) is 0 Å². The first-order valence-corrected chi connectivity index (χ1v) is 11.1. The Morgan fingerprint density at radius 3 is 2.29 bits per heavy atom. The summed E-state index contributed by atoms with van der Waals surface area (Å²) in [5.41, 5.74) is 2.81. The third kappa shape index (κ3) is 2.57. The van der Waals surface area contributed by atoms with Gasteiger partial charge in [0.05, 0.1) is 36.5 Å². The van der Waals surface area contributed by atoms with Crippen LogP contribution in [0.5, 0.6) is 11.5 Å². The molecule has 0 bridgehead atoms. The number of ketones is 1. The van der Waals surface area contributed by atoms with Crippen molar-refractivity contribution in [2.24, 2.45) is 0 Å². The molecule has 4 nitrogen and oxygen atoms in total. The minimum Gasteiger partial charge on any atom is -0.536 e. The van der Waals surface area contributed by atoms with Gasteiger partial charge in [-0.25, -0.2) is 0 Å². The standard InChI is InChI=1S/C26H26NO3.Ir/c1-29-20-13-16-7-8-17-22-19(15-27-23(17)18(16)14-21(20)30-2)25(9-3-4-10-25)24(28)26(22)11-5-6-12-26;/h7-8,13,15H,3-6,9-12H2,1-2H3;/q-1;. The molecule has 5 heteroatoms. The van der Waals surface area contributed by atoms with Crippen molar-refractivity contribution in [1.82, 2.24) is 4.98 Å². The fraction of sp³-hybridized carbons (Fsp3) is 0.462. The zero-order chi connectivity index (χ0) is 20.5. The van der Waals surface area contributed by atoms with Crippen LogP contribution in [0.3, 0.4) is 0 Å². The molecule has 31 heavy (non-hydrogen) atoms. The van der Waals surface area contributed by atoms with Gasteiger partial charge in [0.1, 0.15) is 0 Å². The average Bonchev–Trinajstić information content (AvgIpc) is 3.51. The molecule has 6 rings (SSSR count). The molecule has 163 valence electrons. The second kappa shape index (κ2) is 7.28. The Bertz CT molecular complexity index is 1210. The maximum Gasteiger partial charge on any atom is 0.153 e. The minimum atomic E-state index is -0.314. The third-order valence-corrected chi connectivity index (χ3v) is 8.02. The van der Waals surface area contributed by atoms with E-state index in [1.54, 1.807) is 14.2 Å². The third-order valence-electron chi connectivity index (χ3n) is 8.02. The van der Waals surface area contributed by atoms with E-state index in [9.17, 15) is 4.79 Å². The van der Waals surface area contributed by atoms with E-state index in [0.29, 0.717) is 17.3 Å². The predicted octanol–water partition coefficient (Wildman–Crippen LogP) is 5.41. The summed E-state index contributed by atoms with van der Waals surface area (Å²) in [6.45, 7) is 0. The van der Waals surface area contributed by atoms with Crippen LogP contribution in [0.1, 0.15) is 62.5 Å². The van der Waals surface area contributed by atoms with Crippen LogP contribution in [-0.4, -0.2) is 25.0 Å². The Kier molecular flexibility index (Phi) is 4.91. The SMILES string of the molecule is COc1[c-]c2c(ccc3c4c(cnc32)C2(CCCC2)C(=O)C42CCCC2)cc1OC.[Ir]. The van der Waals surface area contributed by atoms with Gasteiger partial charge in [-0.1, -0.05) is 49.9 Å². The Morgan fingerprint density at radius 1 is 0.968 bits per heavy atom. The molecule has 2 saturated carbocycles. The number of methoxy groups -OCH3 is 2. The van der Waals surface area contributed by atoms with E-state index < -0.39 is 0 Å². The van der Waals surface area contributed by atoms with Crippen LogP contribution in [-0.2, 0) is 35.7 Å². The van der Waals surface area contributed by atoms with Crippen molar-refractivity contribution >= 4 is 27.5 Å². The summed E-state index contributed by atoms with van der Waals surface area (Å²) < 4.78 is 11.0. The number of Topliss-reactive ketones (excluding diaryl/α,β-unsaturated/α-hetero) is 1. The molecule has 0 saturated heterocycles. The first-order valence-electron chi connectivity index (χ1n) is 11.1. The average molecular weight is 593 g/mol. The molecule has 0 atom stereocenters. The van der Waals surface area contributed by atoms with Gasteiger partial charge >= 0.3 is 0 Å². The van der Waals surface area contributed by atoms with Crippen molar-refractivity contribution in [3.8, 4) is 11.5 Å². The first kappa shape index (κ1) is 20.9. The van der Waals surface area contributed by atoms with Crippen molar-refractivity contribution in [2.75, 3.05) is 14.2 Å². The van der Waals surface area contributed by atoms with E-state index in [0.717, 1.165) is 73.0 Å². The van der Waals surface area contributed by atoms with Crippen LogP contribution in [0.2, 0.25) is 0 Å². The molecule has 1 radical (unpaired) electrons. The van der Waals surface area contributed by atoms with Crippen LogP contribution >= 0.6 is 0 Å². The first-order chi connectivity index (χ1) is 14.6. The van der Waals surface area contributed by atoms with Gasteiger partial charge in [0.2, 0.25) is 0 Å². The molecule has 0 amide bonds. The van der Waals surface area contributed by atoms with E-state index in [1.807, 2.05) is 12.3 Å². The fourth-order valence-corrected chi connectivity index (χ4v) is 6.72. The monoisotopic (exact) mass is 593 g/mol. The van der Waals surface area contributed by atoms with Crippen LogP contribution in [0, 0.1) is 6.07 Å². The van der Waals surface area contributed by atoms with Gasteiger partial charge in [-0.05, 0) is 47.7 Å². The molecule has 2 aromatic carbocycles. The number of hydrogen-bond donors (Lipinski definition) is 0. The molecule has 3 aromatic rings. The van der Waals surface area contributed by atoms with Gasteiger partial charge in [0.15, 0.2) is 5.78 Å². The molecule has 3 aliphatic carbocycles. The second-order valence-corrected chi connectivity index (χ2v) is 9.25. The summed E-state index contributed by atoms with van der Waals surface area (Å²) in [6.07, 6.45) is 10.5. The number of ether oxygens (including phenoxy) is 2. The molecule has 0 N–H and O–H groups in total. The largest absolute Gasteiger partial charge is 0.536 e. The van der Waals surface area contributed by atoms with Crippen molar-refractivity contribution < 1.29 is 34.4 Å². The quantitative estimate of drug-likeness (QED) is 0.295. The molecule has 0 unspecified atom stereocenters. The smallest absolute Gasteiger partial charge is 0.153 e. The Labute approximate surface area is 196 Å². The maximum atomic E-state index is 14.0. The van der Waals surface area contributed by atoms with E-state index >= 15 is 0 Å². The normalized spacial score (nSPS) is 20.5. The second-order valence-electron chi connectivity index (χ2n) is 9.25. The van der Waals surface area contributed by atoms with E-state index in [2.05, 4.69) is 18.2 Å². The summed E-state index contributed by atoms with van der Waals surface area (Å²) in [5, 5.41) is 3.08. The maximum absolute atomic E-state index is 14.0. The zero-order valence-corrected chi connectivity index (χ0v) is 20.4. The molecule has 3 aliphatic rings. The number of pyridine rings is 1. The number of aromatic nitrogens is 1. The summed E-state index contributed by atoms with van der Waals surface area (Å²) >= 11 is 0. The predicted molar refractivity (Wildman–Crippen MR) is 116 cm³/mol. The van der Waals surface area contributed by atoms with Crippen molar-refractivity contribution in [3.63, 3.8) is 0 Å².